The molecule has 2 amide bonds. The fourth-order valence-electron chi connectivity index (χ4n) is 2.87. The number of hydrogen-bond acceptors (Lipinski definition) is 2. The minimum atomic E-state index is -0.151. The summed E-state index contributed by atoms with van der Waals surface area (Å²) in [4.78, 5) is 26.1. The summed E-state index contributed by atoms with van der Waals surface area (Å²) < 4.78 is 0. The van der Waals surface area contributed by atoms with Crippen LogP contribution in [0.3, 0.4) is 0 Å². The Balaban J connectivity index is 1.96. The molecule has 0 radical (unpaired) electrons. The summed E-state index contributed by atoms with van der Waals surface area (Å²) in [5.74, 6) is -0.382. The van der Waals surface area contributed by atoms with Gasteiger partial charge in [-0.1, -0.05) is 29.8 Å². The molecule has 1 aliphatic carbocycles. The molecule has 1 fully saturated rings. The molecule has 0 N–H and O–H groups in total. The van der Waals surface area contributed by atoms with Crippen molar-refractivity contribution in [3.8, 4) is 0 Å². The minimum absolute atomic E-state index is 0.0383. The van der Waals surface area contributed by atoms with E-state index < -0.39 is 0 Å². The number of nitrogens with zero attached hydrogens (tertiary/aromatic N) is 1. The van der Waals surface area contributed by atoms with E-state index in [-0.39, 0.29) is 23.7 Å². The molecule has 3 nitrogen and oxygen atoms in total. The van der Waals surface area contributed by atoms with Crippen molar-refractivity contribution < 1.29 is 9.59 Å². The molecule has 1 heterocycles. The number of para-hydroxylation sites is 1. The number of carbonyl (C=O) groups is 2. The van der Waals surface area contributed by atoms with Crippen molar-refractivity contribution in [3.05, 3.63) is 42.0 Å². The van der Waals surface area contributed by atoms with Crippen LogP contribution in [-0.4, -0.2) is 11.8 Å². The van der Waals surface area contributed by atoms with E-state index in [1.807, 2.05) is 37.3 Å². The maximum atomic E-state index is 12.4. The molecule has 0 spiro atoms. The highest BCUT2D eigenvalue weighted by Crippen LogP contribution is 2.39. The van der Waals surface area contributed by atoms with E-state index in [1.165, 1.54) is 10.5 Å². The van der Waals surface area contributed by atoms with Gasteiger partial charge in [-0.05, 0) is 31.9 Å². The molecular formula is C15H15NO2. The van der Waals surface area contributed by atoms with E-state index in [2.05, 4.69) is 6.08 Å². The molecule has 1 aromatic rings. The van der Waals surface area contributed by atoms with Gasteiger partial charge in [-0.25, -0.2) is 0 Å². The molecule has 2 aliphatic rings. The van der Waals surface area contributed by atoms with Gasteiger partial charge in [0.2, 0.25) is 11.8 Å². The predicted molar refractivity (Wildman–Crippen MR) is 68.9 cm³/mol. The van der Waals surface area contributed by atoms with Crippen molar-refractivity contribution in [3.63, 3.8) is 0 Å². The number of anilines is 1. The van der Waals surface area contributed by atoms with Crippen molar-refractivity contribution >= 4 is 17.5 Å². The molecule has 3 rings (SSSR count). The van der Waals surface area contributed by atoms with Crippen LogP contribution in [-0.2, 0) is 9.59 Å². The lowest BCUT2D eigenvalue weighted by molar-refractivity contribution is -0.122. The van der Waals surface area contributed by atoms with E-state index in [9.17, 15) is 9.59 Å². The number of imide groups is 1. The Morgan fingerprint density at radius 1 is 1.06 bits per heavy atom. The molecule has 0 saturated carbocycles. The quantitative estimate of drug-likeness (QED) is 0.559. The number of carbonyl (C=O) groups excluding carboxylic acids is 2. The zero-order valence-electron chi connectivity index (χ0n) is 10.3. The normalized spacial score (nSPS) is 27.2. The summed E-state index contributed by atoms with van der Waals surface area (Å²) in [5.41, 5.74) is 1.91. The highest BCUT2D eigenvalue weighted by Gasteiger charge is 2.48. The maximum absolute atomic E-state index is 12.4. The molecule has 1 aliphatic heterocycles. The SMILES string of the molecule is CC1=CC[C@H]2C(=O)N(c3ccccc3)C(=O)[C@H]2C1. The first-order chi connectivity index (χ1) is 8.68. The van der Waals surface area contributed by atoms with Crippen LogP contribution < -0.4 is 4.90 Å². The van der Waals surface area contributed by atoms with E-state index in [0.29, 0.717) is 12.1 Å². The van der Waals surface area contributed by atoms with Crippen molar-refractivity contribution in [2.45, 2.75) is 19.8 Å². The Morgan fingerprint density at radius 3 is 2.44 bits per heavy atom. The van der Waals surface area contributed by atoms with Gasteiger partial charge in [0.25, 0.3) is 0 Å². The number of benzene rings is 1. The zero-order valence-corrected chi connectivity index (χ0v) is 10.3. The van der Waals surface area contributed by atoms with E-state index in [4.69, 9.17) is 0 Å². The molecule has 1 saturated heterocycles. The number of rotatable bonds is 1. The first-order valence-electron chi connectivity index (χ1n) is 6.27. The van der Waals surface area contributed by atoms with Crippen LogP contribution in [0.1, 0.15) is 19.8 Å². The third-order valence-electron chi connectivity index (χ3n) is 3.84. The summed E-state index contributed by atoms with van der Waals surface area (Å²) in [5, 5.41) is 0. The summed E-state index contributed by atoms with van der Waals surface area (Å²) in [6, 6.07) is 9.21. The third-order valence-corrected chi connectivity index (χ3v) is 3.84. The van der Waals surface area contributed by atoms with Crippen LogP contribution >= 0.6 is 0 Å². The number of fused-ring (bicyclic) bond motifs is 1. The third kappa shape index (κ3) is 1.58. The average Bonchev–Trinajstić information content (AvgIpc) is 2.63. The van der Waals surface area contributed by atoms with Crippen LogP contribution in [0, 0.1) is 11.8 Å². The molecule has 92 valence electrons. The molecule has 3 heteroatoms. The van der Waals surface area contributed by atoms with Crippen LogP contribution in [0.2, 0.25) is 0 Å². The highest BCUT2D eigenvalue weighted by atomic mass is 16.2. The average molecular weight is 241 g/mol. The second-order valence-electron chi connectivity index (χ2n) is 5.05. The Morgan fingerprint density at radius 2 is 1.72 bits per heavy atom. The van der Waals surface area contributed by atoms with Crippen molar-refractivity contribution in [1.82, 2.24) is 0 Å². The summed E-state index contributed by atoms with van der Waals surface area (Å²) in [6.45, 7) is 2.03. The molecule has 0 unspecified atom stereocenters. The largest absolute Gasteiger partial charge is 0.274 e. The molecule has 0 bridgehead atoms. The van der Waals surface area contributed by atoms with Crippen LogP contribution in [0.15, 0.2) is 42.0 Å². The van der Waals surface area contributed by atoms with Gasteiger partial charge in [-0.15, -0.1) is 0 Å². The van der Waals surface area contributed by atoms with Crippen LogP contribution in [0.25, 0.3) is 0 Å². The predicted octanol–water partition coefficient (Wildman–Crippen LogP) is 2.53. The molecule has 0 aromatic heterocycles. The number of hydrogen-bond donors (Lipinski definition) is 0. The van der Waals surface area contributed by atoms with Crippen molar-refractivity contribution in [2.75, 3.05) is 4.90 Å². The first kappa shape index (κ1) is 11.2. The minimum Gasteiger partial charge on any atom is -0.274 e. The summed E-state index contributed by atoms with van der Waals surface area (Å²) in [6.07, 6.45) is 3.50. The lowest BCUT2D eigenvalue weighted by Gasteiger charge is -2.18. The Hall–Kier alpha value is -1.90. The monoisotopic (exact) mass is 241 g/mol. The van der Waals surface area contributed by atoms with Gasteiger partial charge < -0.3 is 0 Å². The Kier molecular flexibility index (Phi) is 2.54. The first-order valence-corrected chi connectivity index (χ1v) is 6.27. The molecule has 1 aromatic carbocycles. The molecule has 18 heavy (non-hydrogen) atoms. The lowest BCUT2D eigenvalue weighted by Crippen LogP contribution is -2.30. The van der Waals surface area contributed by atoms with Gasteiger partial charge in [0, 0.05) is 0 Å². The topological polar surface area (TPSA) is 37.4 Å². The van der Waals surface area contributed by atoms with Gasteiger partial charge in [-0.3, -0.25) is 14.5 Å². The van der Waals surface area contributed by atoms with Crippen LogP contribution in [0.4, 0.5) is 5.69 Å². The van der Waals surface area contributed by atoms with Gasteiger partial charge in [0.1, 0.15) is 0 Å². The van der Waals surface area contributed by atoms with E-state index in [1.54, 1.807) is 0 Å². The Labute approximate surface area is 106 Å². The fraction of sp³-hybridized carbons (Fsp3) is 0.333. The number of allylic oxidation sites excluding steroid dienone is 2. The summed E-state index contributed by atoms with van der Waals surface area (Å²) in [7, 11) is 0. The van der Waals surface area contributed by atoms with Gasteiger partial charge in [-0.2, -0.15) is 0 Å². The van der Waals surface area contributed by atoms with Crippen molar-refractivity contribution in [2.24, 2.45) is 11.8 Å². The highest BCUT2D eigenvalue weighted by molar-refractivity contribution is 6.22. The Bertz CT molecular complexity index is 533. The number of amides is 2. The second-order valence-corrected chi connectivity index (χ2v) is 5.05. The maximum Gasteiger partial charge on any atom is 0.238 e. The van der Waals surface area contributed by atoms with Crippen molar-refractivity contribution in [1.29, 1.82) is 0 Å². The fourth-order valence-corrected chi connectivity index (χ4v) is 2.87. The van der Waals surface area contributed by atoms with E-state index >= 15 is 0 Å². The second kappa shape index (κ2) is 4.09. The molecule has 2 atom stereocenters. The van der Waals surface area contributed by atoms with Gasteiger partial charge in [0.05, 0.1) is 17.5 Å². The standard InChI is InChI=1S/C15H15NO2/c1-10-7-8-12-13(9-10)15(18)16(14(12)17)11-5-3-2-4-6-11/h2-7,12-13H,8-9H2,1H3/t12-,13+/m1/s1. The molecular weight excluding hydrogens is 226 g/mol. The summed E-state index contributed by atoms with van der Waals surface area (Å²) >= 11 is 0. The lowest BCUT2D eigenvalue weighted by atomic mass is 9.82. The van der Waals surface area contributed by atoms with E-state index in [0.717, 1.165) is 6.42 Å². The van der Waals surface area contributed by atoms with Crippen LogP contribution in [0.5, 0.6) is 0 Å². The van der Waals surface area contributed by atoms with Gasteiger partial charge >= 0.3 is 0 Å². The zero-order chi connectivity index (χ0) is 12.7. The van der Waals surface area contributed by atoms with Gasteiger partial charge in [0.15, 0.2) is 0 Å². The smallest absolute Gasteiger partial charge is 0.238 e.